The Morgan fingerprint density at radius 2 is 1.84 bits per heavy atom. The van der Waals surface area contributed by atoms with Gasteiger partial charge in [-0.1, -0.05) is 19.1 Å². The van der Waals surface area contributed by atoms with Crippen LogP contribution in [0, 0.1) is 17.6 Å². The third kappa shape index (κ3) is 2.72. The van der Waals surface area contributed by atoms with Gasteiger partial charge in [0, 0.05) is 17.0 Å². The van der Waals surface area contributed by atoms with Crippen molar-refractivity contribution in [2.75, 3.05) is 7.11 Å². The summed E-state index contributed by atoms with van der Waals surface area (Å²) in [5, 5.41) is 2.17. The van der Waals surface area contributed by atoms with E-state index in [-0.39, 0.29) is 11.5 Å². The summed E-state index contributed by atoms with van der Waals surface area (Å²) >= 11 is 0. The molecule has 25 heavy (non-hydrogen) atoms. The zero-order valence-corrected chi connectivity index (χ0v) is 14.1. The van der Waals surface area contributed by atoms with Gasteiger partial charge in [-0.05, 0) is 53.6 Å². The number of halogens is 2. The normalized spacial score (nSPS) is 19.4. The van der Waals surface area contributed by atoms with Crippen LogP contribution in [0.5, 0.6) is 11.5 Å². The molecule has 0 saturated carbocycles. The molecule has 4 rings (SSSR count). The molecule has 0 N–H and O–H groups in total. The van der Waals surface area contributed by atoms with E-state index < -0.39 is 17.7 Å². The maximum Gasteiger partial charge on any atom is 0.130 e. The zero-order chi connectivity index (χ0) is 17.6. The van der Waals surface area contributed by atoms with Crippen LogP contribution >= 0.6 is 0 Å². The van der Waals surface area contributed by atoms with Gasteiger partial charge in [0.1, 0.15) is 29.2 Å². The second-order valence-electron chi connectivity index (χ2n) is 6.52. The number of ether oxygens (including phenoxy) is 2. The van der Waals surface area contributed by atoms with Gasteiger partial charge < -0.3 is 9.47 Å². The molecule has 2 nitrogen and oxygen atoms in total. The molecule has 0 aliphatic carbocycles. The van der Waals surface area contributed by atoms with Crippen molar-refractivity contribution < 1.29 is 18.3 Å². The number of hydrogen-bond donors (Lipinski definition) is 0. The highest BCUT2D eigenvalue weighted by Crippen LogP contribution is 2.42. The monoisotopic (exact) mass is 340 g/mol. The van der Waals surface area contributed by atoms with Gasteiger partial charge in [-0.25, -0.2) is 8.78 Å². The molecule has 0 spiro atoms. The van der Waals surface area contributed by atoms with Crippen LogP contribution in [-0.4, -0.2) is 7.11 Å². The lowest BCUT2D eigenvalue weighted by molar-refractivity contribution is 0.120. The summed E-state index contributed by atoms with van der Waals surface area (Å²) in [7, 11) is 1.64. The first-order valence-corrected chi connectivity index (χ1v) is 8.28. The first-order chi connectivity index (χ1) is 12.1. The van der Waals surface area contributed by atoms with E-state index >= 15 is 0 Å². The molecule has 1 heterocycles. The van der Waals surface area contributed by atoms with Crippen molar-refractivity contribution in [1.29, 1.82) is 0 Å². The van der Waals surface area contributed by atoms with Crippen LogP contribution in [0.25, 0.3) is 10.8 Å². The van der Waals surface area contributed by atoms with E-state index in [2.05, 4.69) is 0 Å². The lowest BCUT2D eigenvalue weighted by Crippen LogP contribution is -2.25. The van der Waals surface area contributed by atoms with Crippen molar-refractivity contribution in [3.8, 4) is 11.5 Å². The fourth-order valence-corrected chi connectivity index (χ4v) is 3.57. The summed E-state index contributed by atoms with van der Waals surface area (Å²) in [6.45, 7) is 2.00. The quantitative estimate of drug-likeness (QED) is 0.618. The molecule has 0 fully saturated rings. The number of hydrogen-bond acceptors (Lipinski definition) is 2. The highest BCUT2D eigenvalue weighted by atomic mass is 19.1. The Labute approximate surface area is 145 Å². The second kappa shape index (κ2) is 6.03. The van der Waals surface area contributed by atoms with Gasteiger partial charge in [-0.3, -0.25) is 0 Å². The predicted molar refractivity (Wildman–Crippen MR) is 93.1 cm³/mol. The number of methoxy groups -OCH3 is 1. The van der Waals surface area contributed by atoms with E-state index in [0.29, 0.717) is 5.75 Å². The molecule has 1 aliphatic heterocycles. The Morgan fingerprint density at radius 1 is 1.04 bits per heavy atom. The summed E-state index contributed by atoms with van der Waals surface area (Å²) in [6, 6.07) is 13.3. The largest absolute Gasteiger partial charge is 0.497 e. The van der Waals surface area contributed by atoms with Gasteiger partial charge in [0.2, 0.25) is 0 Å². The molecule has 3 aromatic rings. The van der Waals surface area contributed by atoms with E-state index in [1.807, 2.05) is 37.3 Å². The lowest BCUT2D eigenvalue weighted by atomic mass is 9.86. The topological polar surface area (TPSA) is 18.5 Å². The summed E-state index contributed by atoms with van der Waals surface area (Å²) in [5.41, 5.74) is 1.35. The van der Waals surface area contributed by atoms with Crippen molar-refractivity contribution in [2.45, 2.75) is 19.4 Å². The summed E-state index contributed by atoms with van der Waals surface area (Å²) < 4.78 is 39.2. The average molecular weight is 340 g/mol. The summed E-state index contributed by atoms with van der Waals surface area (Å²) in [4.78, 5) is 0. The van der Waals surface area contributed by atoms with E-state index in [0.717, 1.165) is 40.6 Å². The van der Waals surface area contributed by atoms with Crippen LogP contribution in [0.15, 0.2) is 48.5 Å². The molecule has 0 bridgehead atoms. The first kappa shape index (κ1) is 15.9. The third-order valence-electron chi connectivity index (χ3n) is 4.86. The van der Waals surface area contributed by atoms with Crippen LogP contribution in [0.4, 0.5) is 8.78 Å². The fourth-order valence-electron chi connectivity index (χ4n) is 3.57. The van der Waals surface area contributed by atoms with Crippen LogP contribution < -0.4 is 9.47 Å². The molecular weight excluding hydrogens is 322 g/mol. The molecule has 2 atom stereocenters. The molecule has 3 aromatic carbocycles. The molecule has 2 unspecified atom stereocenters. The average Bonchev–Trinajstić information content (AvgIpc) is 2.63. The van der Waals surface area contributed by atoms with Crippen molar-refractivity contribution in [3.05, 3.63) is 71.3 Å². The maximum absolute atomic E-state index is 14.2. The van der Waals surface area contributed by atoms with Gasteiger partial charge in [0.15, 0.2) is 0 Å². The van der Waals surface area contributed by atoms with Crippen LogP contribution in [0.2, 0.25) is 0 Å². The van der Waals surface area contributed by atoms with Crippen LogP contribution in [-0.2, 0) is 6.42 Å². The minimum Gasteiger partial charge on any atom is -0.497 e. The predicted octanol–water partition coefficient (Wildman–Crippen LogP) is 5.44. The Morgan fingerprint density at radius 3 is 2.64 bits per heavy atom. The standard InChI is InChI=1S/C21H18F2O2/c1-12-9-17-16-11-15(24-2)6-3-13(16)4-8-20(17)25-21(12)18-10-14(22)5-7-19(18)23/h3-8,10-12,21H,9H2,1-2H3. The molecule has 0 aromatic heterocycles. The number of fused-ring (bicyclic) bond motifs is 3. The zero-order valence-electron chi connectivity index (χ0n) is 14.1. The Hall–Kier alpha value is -2.62. The lowest BCUT2D eigenvalue weighted by Gasteiger charge is -2.33. The van der Waals surface area contributed by atoms with Gasteiger partial charge in [-0.2, -0.15) is 0 Å². The molecule has 0 radical (unpaired) electrons. The van der Waals surface area contributed by atoms with E-state index in [4.69, 9.17) is 9.47 Å². The van der Waals surface area contributed by atoms with Crippen molar-refractivity contribution >= 4 is 10.8 Å². The van der Waals surface area contributed by atoms with Gasteiger partial charge in [-0.15, -0.1) is 0 Å². The van der Waals surface area contributed by atoms with E-state index in [1.54, 1.807) is 7.11 Å². The third-order valence-corrected chi connectivity index (χ3v) is 4.86. The Kier molecular flexibility index (Phi) is 3.83. The van der Waals surface area contributed by atoms with Gasteiger partial charge in [0.05, 0.1) is 7.11 Å². The number of rotatable bonds is 2. The molecule has 128 valence electrons. The Bertz CT molecular complexity index is 952. The van der Waals surface area contributed by atoms with E-state index in [1.165, 1.54) is 6.07 Å². The van der Waals surface area contributed by atoms with Gasteiger partial charge in [0.25, 0.3) is 0 Å². The minimum absolute atomic E-state index is 0.0144. The smallest absolute Gasteiger partial charge is 0.130 e. The maximum atomic E-state index is 14.2. The Balaban J connectivity index is 1.80. The van der Waals surface area contributed by atoms with E-state index in [9.17, 15) is 8.78 Å². The highest BCUT2D eigenvalue weighted by molar-refractivity contribution is 5.89. The van der Waals surface area contributed by atoms with Crippen molar-refractivity contribution in [2.24, 2.45) is 5.92 Å². The molecule has 4 heteroatoms. The molecule has 1 aliphatic rings. The van der Waals surface area contributed by atoms with Crippen molar-refractivity contribution in [1.82, 2.24) is 0 Å². The summed E-state index contributed by atoms with van der Waals surface area (Å²) in [6.07, 6.45) is 0.215. The SMILES string of the molecule is COc1ccc2ccc3c(c2c1)CC(C)C(c1cc(F)ccc1F)O3. The van der Waals surface area contributed by atoms with Crippen molar-refractivity contribution in [3.63, 3.8) is 0 Å². The number of benzene rings is 3. The highest BCUT2D eigenvalue weighted by Gasteiger charge is 2.31. The minimum atomic E-state index is -0.508. The molecule has 0 saturated heterocycles. The summed E-state index contributed by atoms with van der Waals surface area (Å²) in [5.74, 6) is 0.616. The van der Waals surface area contributed by atoms with Crippen LogP contribution in [0.1, 0.15) is 24.2 Å². The fraction of sp³-hybridized carbons (Fsp3) is 0.238. The van der Waals surface area contributed by atoms with Gasteiger partial charge >= 0.3 is 0 Å². The second-order valence-corrected chi connectivity index (χ2v) is 6.52. The molecule has 0 amide bonds. The molecular formula is C21H18F2O2. The first-order valence-electron chi connectivity index (χ1n) is 8.28. The van der Waals surface area contributed by atoms with Crippen LogP contribution in [0.3, 0.4) is 0 Å².